The summed E-state index contributed by atoms with van der Waals surface area (Å²) >= 11 is 0. The lowest BCUT2D eigenvalue weighted by molar-refractivity contribution is -0.937. The van der Waals surface area contributed by atoms with Gasteiger partial charge in [0, 0.05) is 30.8 Å². The van der Waals surface area contributed by atoms with Gasteiger partial charge in [0.1, 0.15) is 14.4 Å². The molecule has 0 spiro atoms. The Balaban J connectivity index is 1.77. The Morgan fingerprint density at radius 3 is 1.92 bits per heavy atom. The largest absolute Gasteiger partial charge is 0.416 e. The van der Waals surface area contributed by atoms with Crippen molar-refractivity contribution < 1.29 is 17.7 Å². The number of nitrogens with zero attached hydrogens (tertiary/aromatic N) is 2. The maximum atomic E-state index is 13.1. The van der Waals surface area contributed by atoms with Gasteiger partial charge in [-0.05, 0) is 57.5 Å². The third-order valence-corrected chi connectivity index (χ3v) is 7.26. The lowest BCUT2D eigenvalue weighted by atomic mass is 9.95. The van der Waals surface area contributed by atoms with Gasteiger partial charge in [-0.3, -0.25) is 0 Å². The highest BCUT2D eigenvalue weighted by Gasteiger charge is 2.30. The van der Waals surface area contributed by atoms with Crippen LogP contribution < -0.4 is 10.4 Å². The Labute approximate surface area is 215 Å². The normalized spacial score (nSPS) is 12.1. The predicted molar refractivity (Wildman–Crippen MR) is 148 cm³/mol. The van der Waals surface area contributed by atoms with Crippen LogP contribution in [-0.4, -0.2) is 38.5 Å². The van der Waals surface area contributed by atoms with Crippen LogP contribution >= 0.6 is 0 Å². The minimum atomic E-state index is -4.33. The van der Waals surface area contributed by atoms with E-state index in [0.29, 0.717) is 6.54 Å². The van der Waals surface area contributed by atoms with E-state index in [2.05, 4.69) is 82.9 Å². The van der Waals surface area contributed by atoms with Crippen molar-refractivity contribution in [3.05, 3.63) is 94.5 Å². The van der Waals surface area contributed by atoms with Crippen LogP contribution in [0.5, 0.6) is 0 Å². The van der Waals surface area contributed by atoms with Gasteiger partial charge in [0.15, 0.2) is 0 Å². The number of halogens is 3. The Kier molecular flexibility index (Phi) is 9.29. The van der Waals surface area contributed by atoms with Crippen LogP contribution in [0.25, 0.3) is 0 Å². The number of anilines is 1. The monoisotopic (exact) mass is 495 g/mol. The minimum absolute atomic E-state index is 0.609. The van der Waals surface area contributed by atoms with E-state index < -0.39 is 11.7 Å². The van der Waals surface area contributed by atoms with Crippen molar-refractivity contribution in [1.29, 1.82) is 0 Å². The molecule has 2 nitrogen and oxygen atoms in total. The zero-order chi connectivity index (χ0) is 26.3. The zero-order valence-electron chi connectivity index (χ0n) is 22.3. The van der Waals surface area contributed by atoms with Gasteiger partial charge in [-0.15, -0.1) is 0 Å². The summed E-state index contributed by atoms with van der Waals surface area (Å²) in [5, 5.41) is 0. The molecule has 0 N–H and O–H groups in total. The first kappa shape index (κ1) is 27.9. The van der Waals surface area contributed by atoms with Gasteiger partial charge in [0.05, 0.1) is 25.2 Å². The number of alkyl halides is 3. The van der Waals surface area contributed by atoms with Crippen molar-refractivity contribution in [3.63, 3.8) is 0 Å². The van der Waals surface area contributed by atoms with E-state index in [1.54, 1.807) is 12.1 Å². The van der Waals surface area contributed by atoms with Gasteiger partial charge in [-0.25, -0.2) is 0 Å². The second-order valence-corrected chi connectivity index (χ2v) is 10.2. The summed E-state index contributed by atoms with van der Waals surface area (Å²) in [6.45, 7) is 14.4. The van der Waals surface area contributed by atoms with Crippen LogP contribution in [0.4, 0.5) is 18.9 Å². The van der Waals surface area contributed by atoms with Crippen LogP contribution in [0, 0.1) is 13.8 Å². The molecule has 3 aromatic carbocycles. The first-order valence-corrected chi connectivity index (χ1v) is 12.9. The topological polar surface area (TPSA) is 3.24 Å². The second kappa shape index (κ2) is 12.0. The van der Waals surface area contributed by atoms with Crippen molar-refractivity contribution in [2.75, 3.05) is 31.1 Å². The first-order valence-electron chi connectivity index (χ1n) is 12.9. The first-order chi connectivity index (χ1) is 17.0. The van der Waals surface area contributed by atoms with Crippen molar-refractivity contribution in [1.82, 2.24) is 0 Å². The summed E-state index contributed by atoms with van der Waals surface area (Å²) < 4.78 is 40.4. The van der Waals surface area contributed by atoms with E-state index in [0.717, 1.165) is 54.9 Å². The van der Waals surface area contributed by atoms with E-state index >= 15 is 0 Å². The molecular formula is C30H39BF3N2+. The molecule has 36 heavy (non-hydrogen) atoms. The molecule has 0 amide bonds. The fourth-order valence-electron chi connectivity index (χ4n) is 5.06. The fourth-order valence-corrected chi connectivity index (χ4v) is 5.06. The standard InChI is InChI=1S/C30H39BF3N2/c1-5-36(6-2,22-26-19-23(3)18-24(4)20-26)17-7-16-35(21-25-8-12-28(31)13-9-25)29-14-10-27(11-15-29)30(32,33)34/h8-15,18-20H,5-7,16-17,21-22,31H2,1-4H3/q+1. The van der Waals surface area contributed by atoms with Gasteiger partial charge in [-0.2, -0.15) is 13.2 Å². The summed E-state index contributed by atoms with van der Waals surface area (Å²) in [6.07, 6.45) is -3.37. The molecule has 0 aliphatic heterocycles. The van der Waals surface area contributed by atoms with Gasteiger partial charge in [0.25, 0.3) is 0 Å². The summed E-state index contributed by atoms with van der Waals surface area (Å²) in [6, 6.07) is 20.8. The molecule has 0 aromatic heterocycles. The molecule has 6 heteroatoms. The van der Waals surface area contributed by atoms with Crippen molar-refractivity contribution in [2.24, 2.45) is 0 Å². The Morgan fingerprint density at radius 2 is 1.39 bits per heavy atom. The summed E-state index contributed by atoms with van der Waals surface area (Å²) in [7, 11) is 2.06. The molecule has 0 heterocycles. The van der Waals surface area contributed by atoms with E-state index in [1.165, 1.54) is 34.3 Å². The molecule has 0 aliphatic carbocycles. The third-order valence-electron chi connectivity index (χ3n) is 7.26. The fraction of sp³-hybridized carbons (Fsp3) is 0.400. The van der Waals surface area contributed by atoms with Crippen LogP contribution in [-0.2, 0) is 19.3 Å². The van der Waals surface area contributed by atoms with E-state index in [9.17, 15) is 13.2 Å². The summed E-state index contributed by atoms with van der Waals surface area (Å²) in [4.78, 5) is 2.21. The highest BCUT2D eigenvalue weighted by Crippen LogP contribution is 2.31. The van der Waals surface area contributed by atoms with Crippen molar-refractivity contribution in [2.45, 2.75) is 53.4 Å². The van der Waals surface area contributed by atoms with E-state index in [4.69, 9.17) is 0 Å². The quantitative estimate of drug-likeness (QED) is 0.232. The number of rotatable bonds is 11. The van der Waals surface area contributed by atoms with Gasteiger partial charge < -0.3 is 9.38 Å². The summed E-state index contributed by atoms with van der Waals surface area (Å²) in [5.41, 5.74) is 6.52. The Hall–Kier alpha value is -2.73. The van der Waals surface area contributed by atoms with Gasteiger partial charge >= 0.3 is 6.18 Å². The third kappa shape index (κ3) is 7.63. The average molecular weight is 495 g/mol. The SMILES string of the molecule is Bc1ccc(CN(CCC[N+](CC)(CC)Cc2cc(C)cc(C)c2)c2ccc(C(F)(F)F)cc2)cc1. The molecule has 0 aliphatic rings. The molecule has 0 saturated carbocycles. The number of benzene rings is 3. The molecule has 0 radical (unpaired) electrons. The van der Waals surface area contributed by atoms with Crippen LogP contribution in [0.1, 0.15) is 48.1 Å². The number of aryl methyl sites for hydroxylation is 2. The molecule has 192 valence electrons. The molecule has 3 aromatic rings. The molecule has 0 unspecified atom stereocenters. The van der Waals surface area contributed by atoms with E-state index in [-0.39, 0.29) is 0 Å². The molecule has 0 fully saturated rings. The van der Waals surface area contributed by atoms with Crippen molar-refractivity contribution in [3.8, 4) is 0 Å². The van der Waals surface area contributed by atoms with Gasteiger partial charge in [-0.1, -0.05) is 59.1 Å². The number of hydrogen-bond acceptors (Lipinski definition) is 1. The summed E-state index contributed by atoms with van der Waals surface area (Å²) in [5.74, 6) is 0. The smallest absolute Gasteiger partial charge is 0.367 e. The molecule has 3 rings (SSSR count). The van der Waals surface area contributed by atoms with Crippen LogP contribution in [0.15, 0.2) is 66.7 Å². The molecule has 0 atom stereocenters. The minimum Gasteiger partial charge on any atom is -0.367 e. The maximum Gasteiger partial charge on any atom is 0.416 e. The Morgan fingerprint density at radius 1 is 0.806 bits per heavy atom. The average Bonchev–Trinajstić information content (AvgIpc) is 2.83. The second-order valence-electron chi connectivity index (χ2n) is 10.2. The lowest BCUT2D eigenvalue weighted by Crippen LogP contribution is -2.48. The van der Waals surface area contributed by atoms with Crippen molar-refractivity contribution >= 4 is 19.0 Å². The number of quaternary nitrogens is 1. The molecule has 0 saturated heterocycles. The molecule has 0 bridgehead atoms. The van der Waals surface area contributed by atoms with Gasteiger partial charge in [0.2, 0.25) is 0 Å². The Bertz CT molecular complexity index is 1080. The predicted octanol–water partition coefficient (Wildman–Crippen LogP) is 6.03. The highest BCUT2D eigenvalue weighted by molar-refractivity contribution is 6.32. The van der Waals surface area contributed by atoms with E-state index in [1.807, 2.05) is 0 Å². The van der Waals surface area contributed by atoms with Crippen LogP contribution in [0.2, 0.25) is 0 Å². The zero-order valence-corrected chi connectivity index (χ0v) is 22.3. The highest BCUT2D eigenvalue weighted by atomic mass is 19.4. The molecular weight excluding hydrogens is 456 g/mol. The maximum absolute atomic E-state index is 13.1. The van der Waals surface area contributed by atoms with Crippen LogP contribution in [0.3, 0.4) is 0 Å². The lowest BCUT2D eigenvalue weighted by Gasteiger charge is -2.38. The number of hydrogen-bond donors (Lipinski definition) is 0.